The number of morpholine rings is 1. The van der Waals surface area contributed by atoms with E-state index in [1.54, 1.807) is 12.1 Å². The smallest absolute Gasteiger partial charge is 0.232 e. The lowest BCUT2D eigenvalue weighted by Gasteiger charge is -2.30. The third-order valence-electron chi connectivity index (χ3n) is 7.04. The van der Waals surface area contributed by atoms with Gasteiger partial charge < -0.3 is 28.7 Å². The number of aliphatic hydroxyl groups excluding tert-OH is 1. The number of anilines is 1. The Kier molecular flexibility index (Phi) is 8.90. The highest BCUT2D eigenvalue weighted by atomic mass is 19.1. The molecule has 1 aromatic heterocycles. The molecule has 2 aromatic carbocycles. The molecule has 0 spiro atoms. The Bertz CT molecular complexity index is 1160. The molecular weight excluding hydrogens is 489 g/mol. The number of rotatable bonds is 11. The highest BCUT2D eigenvalue weighted by Crippen LogP contribution is 2.33. The van der Waals surface area contributed by atoms with E-state index in [0.29, 0.717) is 57.5 Å². The molecule has 5 rings (SSSR count). The van der Waals surface area contributed by atoms with Gasteiger partial charge in [-0.15, -0.1) is 0 Å². The van der Waals surface area contributed by atoms with Crippen molar-refractivity contribution in [2.45, 2.75) is 38.5 Å². The molecule has 0 unspecified atom stereocenters. The number of halogens is 1. The van der Waals surface area contributed by atoms with E-state index in [1.165, 1.54) is 12.1 Å². The molecule has 0 radical (unpaired) electrons. The van der Waals surface area contributed by atoms with Crippen LogP contribution in [-0.4, -0.2) is 80.0 Å². The van der Waals surface area contributed by atoms with E-state index in [9.17, 15) is 9.50 Å². The summed E-state index contributed by atoms with van der Waals surface area (Å²) in [6.07, 6.45) is 1.40. The Morgan fingerprint density at radius 2 is 1.92 bits per heavy atom. The molecule has 2 aliphatic rings. The molecule has 1 N–H and O–H groups in total. The molecule has 38 heavy (non-hydrogen) atoms. The Labute approximate surface area is 222 Å². The zero-order valence-corrected chi connectivity index (χ0v) is 21.9. The molecule has 0 aliphatic carbocycles. The van der Waals surface area contributed by atoms with Crippen LogP contribution in [0.2, 0.25) is 0 Å². The average Bonchev–Trinajstić information content (AvgIpc) is 3.59. The zero-order chi connectivity index (χ0) is 26.3. The molecular formula is C29H36FN3O5. The molecule has 2 aliphatic heterocycles. The van der Waals surface area contributed by atoms with Crippen LogP contribution < -0.4 is 9.64 Å². The maximum Gasteiger partial charge on any atom is 0.232 e. The van der Waals surface area contributed by atoms with Gasteiger partial charge >= 0.3 is 0 Å². The second-order valence-corrected chi connectivity index (χ2v) is 9.98. The zero-order valence-electron chi connectivity index (χ0n) is 21.9. The summed E-state index contributed by atoms with van der Waals surface area (Å²) in [6, 6.07) is 14.1. The summed E-state index contributed by atoms with van der Waals surface area (Å²) in [5.74, 6) is 1.16. The SMILES string of the molecule is Cc1ccccc1OC[C@@H](O)CN(Cc1c(-c2ccc(F)cc2)noc1N1CCOCC1)C[C@@H]1CCCO1. The van der Waals surface area contributed by atoms with Crippen LogP contribution in [0.4, 0.5) is 10.3 Å². The molecule has 3 heterocycles. The van der Waals surface area contributed by atoms with Gasteiger partial charge in [-0.2, -0.15) is 0 Å². The summed E-state index contributed by atoms with van der Waals surface area (Å²) in [5, 5.41) is 15.4. The van der Waals surface area contributed by atoms with Gasteiger partial charge in [0.15, 0.2) is 0 Å². The fourth-order valence-electron chi connectivity index (χ4n) is 5.05. The standard InChI is InChI=1S/C29H36FN3O5/c1-21-5-2-3-7-27(21)37-20-24(34)17-32(18-25-6-4-14-36-25)19-26-28(22-8-10-23(30)11-9-22)31-38-29(26)33-12-15-35-16-13-33/h2-3,5,7-11,24-25,34H,4,6,12-20H2,1H3/t24-,25-/m0/s1. The van der Waals surface area contributed by atoms with E-state index < -0.39 is 6.10 Å². The van der Waals surface area contributed by atoms with Crippen molar-refractivity contribution in [3.8, 4) is 17.0 Å². The number of hydrogen-bond acceptors (Lipinski definition) is 8. The Hall–Kier alpha value is -2.98. The van der Waals surface area contributed by atoms with Crippen molar-refractivity contribution in [2.75, 3.05) is 57.5 Å². The first-order valence-electron chi connectivity index (χ1n) is 13.3. The highest BCUT2D eigenvalue weighted by molar-refractivity contribution is 5.68. The van der Waals surface area contributed by atoms with Gasteiger partial charge in [0.1, 0.15) is 30.0 Å². The number of aromatic nitrogens is 1. The third-order valence-corrected chi connectivity index (χ3v) is 7.04. The van der Waals surface area contributed by atoms with Gasteiger partial charge in [0.2, 0.25) is 5.88 Å². The number of aryl methyl sites for hydroxylation is 1. The predicted molar refractivity (Wildman–Crippen MR) is 142 cm³/mol. The summed E-state index contributed by atoms with van der Waals surface area (Å²) >= 11 is 0. The third kappa shape index (κ3) is 6.71. The van der Waals surface area contributed by atoms with Crippen molar-refractivity contribution >= 4 is 5.88 Å². The fourth-order valence-corrected chi connectivity index (χ4v) is 5.05. The number of nitrogens with zero attached hydrogens (tertiary/aromatic N) is 3. The van der Waals surface area contributed by atoms with E-state index in [2.05, 4.69) is 15.0 Å². The summed E-state index contributed by atoms with van der Waals surface area (Å²) in [6.45, 7) is 7.09. The van der Waals surface area contributed by atoms with E-state index in [0.717, 1.165) is 41.9 Å². The largest absolute Gasteiger partial charge is 0.491 e. The lowest BCUT2D eigenvalue weighted by atomic mass is 10.1. The first kappa shape index (κ1) is 26.6. The summed E-state index contributed by atoms with van der Waals surface area (Å²) < 4.78 is 37.0. The molecule has 2 saturated heterocycles. The van der Waals surface area contributed by atoms with Crippen molar-refractivity contribution < 1.29 is 28.2 Å². The number of aliphatic hydroxyl groups is 1. The van der Waals surface area contributed by atoms with Crippen LogP contribution in [0.5, 0.6) is 5.75 Å². The molecule has 0 saturated carbocycles. The average molecular weight is 526 g/mol. The molecule has 2 atom stereocenters. The molecule has 2 fully saturated rings. The van der Waals surface area contributed by atoms with Crippen LogP contribution in [0.25, 0.3) is 11.3 Å². The van der Waals surface area contributed by atoms with Crippen molar-refractivity contribution in [1.82, 2.24) is 10.1 Å². The second kappa shape index (κ2) is 12.7. The van der Waals surface area contributed by atoms with E-state index >= 15 is 0 Å². The lowest BCUT2D eigenvalue weighted by Crippen LogP contribution is -2.40. The van der Waals surface area contributed by atoms with E-state index in [1.807, 2.05) is 31.2 Å². The first-order chi connectivity index (χ1) is 18.6. The minimum Gasteiger partial charge on any atom is -0.491 e. The van der Waals surface area contributed by atoms with Gasteiger partial charge in [-0.3, -0.25) is 4.90 Å². The van der Waals surface area contributed by atoms with Crippen molar-refractivity contribution in [1.29, 1.82) is 0 Å². The van der Waals surface area contributed by atoms with Crippen LogP contribution in [0.1, 0.15) is 24.0 Å². The number of para-hydroxylation sites is 1. The van der Waals surface area contributed by atoms with Gasteiger partial charge in [-0.05, 0) is 55.7 Å². The van der Waals surface area contributed by atoms with Gasteiger partial charge in [0, 0.05) is 44.9 Å². The number of hydrogen-bond donors (Lipinski definition) is 1. The Morgan fingerprint density at radius 1 is 1.13 bits per heavy atom. The monoisotopic (exact) mass is 525 g/mol. The van der Waals surface area contributed by atoms with Gasteiger partial charge in [-0.1, -0.05) is 23.4 Å². The summed E-state index contributed by atoms with van der Waals surface area (Å²) in [5.41, 5.74) is 3.39. The minimum absolute atomic E-state index is 0.0976. The molecule has 204 valence electrons. The Balaban J connectivity index is 1.38. The highest BCUT2D eigenvalue weighted by Gasteiger charge is 2.28. The summed E-state index contributed by atoms with van der Waals surface area (Å²) in [7, 11) is 0. The first-order valence-corrected chi connectivity index (χ1v) is 13.3. The van der Waals surface area contributed by atoms with Crippen LogP contribution in [-0.2, 0) is 16.0 Å². The van der Waals surface area contributed by atoms with Gasteiger partial charge in [-0.25, -0.2) is 4.39 Å². The quantitative estimate of drug-likeness (QED) is 0.402. The molecule has 0 amide bonds. The van der Waals surface area contributed by atoms with E-state index in [4.69, 9.17) is 18.7 Å². The van der Waals surface area contributed by atoms with Crippen molar-refractivity contribution in [3.63, 3.8) is 0 Å². The Morgan fingerprint density at radius 3 is 2.66 bits per heavy atom. The molecule has 3 aromatic rings. The normalized spacial score (nSPS) is 18.7. The van der Waals surface area contributed by atoms with Crippen molar-refractivity contribution in [3.05, 3.63) is 65.5 Å². The van der Waals surface area contributed by atoms with Crippen molar-refractivity contribution in [2.24, 2.45) is 0 Å². The predicted octanol–water partition coefficient (Wildman–Crippen LogP) is 4.05. The lowest BCUT2D eigenvalue weighted by molar-refractivity contribution is 0.0312. The van der Waals surface area contributed by atoms with Gasteiger partial charge in [0.25, 0.3) is 0 Å². The maximum atomic E-state index is 13.7. The minimum atomic E-state index is -0.711. The van der Waals surface area contributed by atoms with E-state index in [-0.39, 0.29) is 18.5 Å². The summed E-state index contributed by atoms with van der Waals surface area (Å²) in [4.78, 5) is 4.33. The van der Waals surface area contributed by atoms with Crippen LogP contribution in [0, 0.1) is 12.7 Å². The van der Waals surface area contributed by atoms with Crippen LogP contribution in [0.3, 0.4) is 0 Å². The topological polar surface area (TPSA) is 80.4 Å². The molecule has 9 heteroatoms. The van der Waals surface area contributed by atoms with Gasteiger partial charge in [0.05, 0.1) is 24.9 Å². The molecule has 0 bridgehead atoms. The second-order valence-electron chi connectivity index (χ2n) is 9.98. The number of ether oxygens (including phenoxy) is 3. The molecule has 8 nitrogen and oxygen atoms in total. The fraction of sp³-hybridized carbons (Fsp3) is 0.483. The van der Waals surface area contributed by atoms with Crippen LogP contribution >= 0.6 is 0 Å². The van der Waals surface area contributed by atoms with Crippen LogP contribution in [0.15, 0.2) is 53.1 Å². The maximum absolute atomic E-state index is 13.7. The number of benzene rings is 2.